The number of piperazine rings is 1. The molecular weight excluding hydrogens is 321 g/mol. The molecule has 0 N–H and O–H groups in total. The monoisotopic (exact) mass is 345 g/mol. The summed E-state index contributed by atoms with van der Waals surface area (Å²) < 4.78 is 1.37. The number of hydrogen-bond acceptors (Lipinski definition) is 4. The lowest BCUT2D eigenvalue weighted by Crippen LogP contribution is -2.56. The van der Waals surface area contributed by atoms with E-state index in [1.165, 1.54) is 21.1 Å². The van der Waals surface area contributed by atoms with Gasteiger partial charge < -0.3 is 4.90 Å². The Labute approximate surface area is 145 Å². The third-order valence-corrected chi connectivity index (χ3v) is 6.02. The zero-order valence-electron chi connectivity index (χ0n) is 13.8. The average molecular weight is 345 g/mol. The third kappa shape index (κ3) is 3.53. The molecule has 0 spiro atoms. The minimum absolute atomic E-state index is 0.522. The van der Waals surface area contributed by atoms with E-state index in [4.69, 9.17) is 5.26 Å². The predicted octanol–water partition coefficient (Wildman–Crippen LogP) is 3.60. The number of thiophene rings is 1. The van der Waals surface area contributed by atoms with Gasteiger partial charge in [-0.2, -0.15) is 5.26 Å². The predicted molar refractivity (Wildman–Crippen MR) is 104 cm³/mol. The van der Waals surface area contributed by atoms with E-state index in [1.807, 2.05) is 11.3 Å². The molecule has 1 aliphatic heterocycles. The van der Waals surface area contributed by atoms with Crippen LogP contribution in [-0.2, 0) is 0 Å². The molecular formula is C18H24N3PS. The third-order valence-electron chi connectivity index (χ3n) is 4.73. The second kappa shape index (κ2) is 7.18. The zero-order valence-corrected chi connectivity index (χ0v) is 15.8. The van der Waals surface area contributed by atoms with Gasteiger partial charge in [-0.15, -0.1) is 20.6 Å². The summed E-state index contributed by atoms with van der Waals surface area (Å²) in [5, 5.41) is 13.7. The van der Waals surface area contributed by atoms with E-state index in [0.29, 0.717) is 18.5 Å². The number of nitriles is 1. The molecule has 0 aliphatic carbocycles. The lowest BCUT2D eigenvalue weighted by atomic mass is 10.1. The topological polar surface area (TPSA) is 30.3 Å². The van der Waals surface area contributed by atoms with Crippen molar-refractivity contribution in [3.63, 3.8) is 0 Å². The average Bonchev–Trinajstić information content (AvgIpc) is 2.92. The van der Waals surface area contributed by atoms with Crippen molar-refractivity contribution in [2.75, 3.05) is 24.5 Å². The van der Waals surface area contributed by atoms with Crippen LogP contribution in [0.25, 0.3) is 10.1 Å². The van der Waals surface area contributed by atoms with Gasteiger partial charge in [0.2, 0.25) is 0 Å². The largest absolute Gasteiger partial charge is 0.367 e. The SMILES string of the molecule is C[C@@H]1CN(c2csc3cc(P)ccc23)C[C@H](C)N1CCCC#N. The van der Waals surface area contributed by atoms with Crippen molar-refractivity contribution in [3.8, 4) is 6.07 Å². The fraction of sp³-hybridized carbons (Fsp3) is 0.500. The Kier molecular flexibility index (Phi) is 5.21. The van der Waals surface area contributed by atoms with Crippen molar-refractivity contribution in [3.05, 3.63) is 23.6 Å². The van der Waals surface area contributed by atoms with Gasteiger partial charge in [0.05, 0.1) is 11.8 Å². The van der Waals surface area contributed by atoms with Crippen molar-refractivity contribution in [1.82, 2.24) is 4.90 Å². The number of anilines is 1. The summed E-state index contributed by atoms with van der Waals surface area (Å²) in [4.78, 5) is 5.10. The normalized spacial score (nSPS) is 22.4. The maximum Gasteiger partial charge on any atom is 0.0622 e. The van der Waals surface area contributed by atoms with Gasteiger partial charge in [-0.05, 0) is 38.2 Å². The first-order chi connectivity index (χ1) is 11.1. The van der Waals surface area contributed by atoms with Gasteiger partial charge in [0.15, 0.2) is 0 Å². The molecule has 1 saturated heterocycles. The van der Waals surface area contributed by atoms with E-state index >= 15 is 0 Å². The number of benzene rings is 1. The van der Waals surface area contributed by atoms with Gasteiger partial charge in [-0.1, -0.05) is 12.1 Å². The van der Waals surface area contributed by atoms with Crippen LogP contribution in [0.1, 0.15) is 26.7 Å². The van der Waals surface area contributed by atoms with E-state index in [-0.39, 0.29) is 0 Å². The molecule has 2 heterocycles. The molecule has 0 saturated carbocycles. The van der Waals surface area contributed by atoms with Crippen molar-refractivity contribution in [1.29, 1.82) is 5.26 Å². The Morgan fingerprint density at radius 2 is 2.04 bits per heavy atom. The molecule has 3 nitrogen and oxygen atoms in total. The van der Waals surface area contributed by atoms with Gasteiger partial charge in [0, 0.05) is 47.1 Å². The molecule has 1 aromatic heterocycles. The summed E-state index contributed by atoms with van der Waals surface area (Å²) in [6.45, 7) is 7.77. The highest BCUT2D eigenvalue weighted by Crippen LogP contribution is 2.34. The Hall–Kier alpha value is -1.14. The molecule has 3 rings (SSSR count). The first-order valence-corrected chi connectivity index (χ1v) is 9.70. The highest BCUT2D eigenvalue weighted by Gasteiger charge is 2.29. The lowest BCUT2D eigenvalue weighted by molar-refractivity contribution is 0.131. The van der Waals surface area contributed by atoms with Crippen LogP contribution in [0.4, 0.5) is 5.69 Å². The van der Waals surface area contributed by atoms with Crippen molar-refractivity contribution in [2.24, 2.45) is 0 Å². The maximum absolute atomic E-state index is 8.74. The summed E-state index contributed by atoms with van der Waals surface area (Å²) in [6.07, 6.45) is 1.63. The Balaban J connectivity index is 1.76. The van der Waals surface area contributed by atoms with Gasteiger partial charge in [-0.25, -0.2) is 0 Å². The number of hydrogen-bond donors (Lipinski definition) is 0. The molecule has 1 aliphatic rings. The molecule has 0 radical (unpaired) electrons. The van der Waals surface area contributed by atoms with Crippen LogP contribution in [-0.4, -0.2) is 36.6 Å². The fourth-order valence-corrected chi connectivity index (χ4v) is 5.01. The maximum atomic E-state index is 8.74. The Bertz CT molecular complexity index is 709. The molecule has 0 bridgehead atoms. The van der Waals surface area contributed by atoms with Crippen LogP contribution in [0.15, 0.2) is 23.6 Å². The number of nitrogens with zero attached hydrogens (tertiary/aromatic N) is 3. The first-order valence-electron chi connectivity index (χ1n) is 8.24. The second-order valence-electron chi connectivity index (χ2n) is 6.48. The Morgan fingerprint density at radius 1 is 1.30 bits per heavy atom. The summed E-state index contributed by atoms with van der Waals surface area (Å²) in [5.74, 6) is 0. The van der Waals surface area contributed by atoms with E-state index < -0.39 is 0 Å². The number of unbranched alkanes of at least 4 members (excludes halogenated alkanes) is 1. The van der Waals surface area contributed by atoms with Crippen LogP contribution in [0.5, 0.6) is 0 Å². The van der Waals surface area contributed by atoms with Crippen LogP contribution in [0.3, 0.4) is 0 Å². The molecule has 2 aromatic rings. The van der Waals surface area contributed by atoms with Gasteiger partial charge >= 0.3 is 0 Å². The van der Waals surface area contributed by atoms with Gasteiger partial charge in [-0.3, -0.25) is 4.90 Å². The quantitative estimate of drug-likeness (QED) is 0.626. The zero-order chi connectivity index (χ0) is 16.4. The minimum Gasteiger partial charge on any atom is -0.367 e. The fourth-order valence-electron chi connectivity index (χ4n) is 3.61. The van der Waals surface area contributed by atoms with E-state index in [9.17, 15) is 0 Å². The van der Waals surface area contributed by atoms with E-state index in [2.05, 4.69) is 62.5 Å². The lowest BCUT2D eigenvalue weighted by Gasteiger charge is -2.45. The summed E-state index contributed by atoms with van der Waals surface area (Å²) in [6, 6.07) is 9.97. The van der Waals surface area contributed by atoms with Crippen molar-refractivity contribution in [2.45, 2.75) is 38.8 Å². The van der Waals surface area contributed by atoms with Crippen molar-refractivity contribution >= 4 is 41.7 Å². The summed E-state index contributed by atoms with van der Waals surface area (Å²) in [5.41, 5.74) is 1.38. The molecule has 23 heavy (non-hydrogen) atoms. The van der Waals surface area contributed by atoms with E-state index in [1.54, 1.807) is 0 Å². The Morgan fingerprint density at radius 3 is 2.74 bits per heavy atom. The summed E-state index contributed by atoms with van der Waals surface area (Å²) >= 11 is 1.84. The van der Waals surface area contributed by atoms with E-state index in [0.717, 1.165) is 26.1 Å². The van der Waals surface area contributed by atoms with Crippen LogP contribution in [0.2, 0.25) is 0 Å². The number of fused-ring (bicyclic) bond motifs is 1. The highest BCUT2D eigenvalue weighted by atomic mass is 32.1. The van der Waals surface area contributed by atoms with Crippen LogP contribution >= 0.6 is 20.6 Å². The minimum atomic E-state index is 0.522. The van der Waals surface area contributed by atoms with Crippen molar-refractivity contribution < 1.29 is 0 Å². The molecule has 1 aromatic carbocycles. The molecule has 1 unspecified atom stereocenters. The first kappa shape index (κ1) is 16.7. The molecule has 1 fully saturated rings. The number of rotatable bonds is 4. The standard InChI is InChI=1S/C18H24N3PS/c1-13-10-20(11-14(2)21(13)8-4-3-7-19)17-12-23-18-9-15(22)5-6-16(17)18/h5-6,9,12-14H,3-4,8,10-11,22H2,1-2H3/t13-,14+. The second-order valence-corrected chi connectivity index (χ2v) is 8.06. The van der Waals surface area contributed by atoms with Gasteiger partial charge in [0.25, 0.3) is 0 Å². The van der Waals surface area contributed by atoms with Gasteiger partial charge in [0.1, 0.15) is 0 Å². The highest BCUT2D eigenvalue weighted by molar-refractivity contribution is 7.27. The van der Waals surface area contributed by atoms with Crippen LogP contribution < -0.4 is 10.2 Å². The smallest absolute Gasteiger partial charge is 0.0622 e. The molecule has 0 amide bonds. The molecule has 5 heteroatoms. The molecule has 122 valence electrons. The summed E-state index contributed by atoms with van der Waals surface area (Å²) in [7, 11) is 2.78. The molecule has 3 atom stereocenters. The van der Waals surface area contributed by atoms with Crippen LogP contribution in [0, 0.1) is 11.3 Å².